The number of rotatable bonds is 3. The van der Waals surface area contributed by atoms with Gasteiger partial charge in [0.25, 0.3) is 0 Å². The van der Waals surface area contributed by atoms with E-state index < -0.39 is 0 Å². The molecule has 4 heteroatoms. The average Bonchev–Trinajstić information content (AvgIpc) is 2.67. The van der Waals surface area contributed by atoms with Crippen molar-refractivity contribution >= 4 is 21.7 Å². The van der Waals surface area contributed by atoms with Crippen LogP contribution in [-0.4, -0.2) is 20.0 Å². The number of ether oxygens (including phenoxy) is 2. The molecule has 1 aromatic rings. The predicted molar refractivity (Wildman–Crippen MR) is 106 cm³/mol. The first-order chi connectivity index (χ1) is 12.2. The number of hydrogen-bond donors (Lipinski definition) is 0. The van der Waals surface area contributed by atoms with E-state index in [1.807, 2.05) is 12.1 Å². The third-order valence-corrected chi connectivity index (χ3v) is 8.37. The number of carbonyl (C=O) groups is 1. The van der Waals surface area contributed by atoms with Gasteiger partial charge < -0.3 is 9.47 Å². The lowest BCUT2D eigenvalue weighted by atomic mass is 9.41. The fraction of sp³-hybridized carbons (Fsp3) is 0.591. The molecule has 0 radical (unpaired) electrons. The van der Waals surface area contributed by atoms with Crippen molar-refractivity contribution in [1.82, 2.24) is 0 Å². The second-order valence-electron chi connectivity index (χ2n) is 8.91. The molecule has 0 saturated heterocycles. The van der Waals surface area contributed by atoms with Crippen molar-refractivity contribution in [2.45, 2.75) is 52.4 Å². The fourth-order valence-electron chi connectivity index (χ4n) is 6.41. The first kappa shape index (κ1) is 18.1. The van der Waals surface area contributed by atoms with Crippen molar-refractivity contribution in [3.05, 3.63) is 33.8 Å². The highest BCUT2D eigenvalue weighted by Crippen LogP contribution is 2.77. The maximum Gasteiger partial charge on any atom is 0.167 e. The minimum Gasteiger partial charge on any atom is -0.493 e. The van der Waals surface area contributed by atoms with E-state index in [9.17, 15) is 4.79 Å². The summed E-state index contributed by atoms with van der Waals surface area (Å²) >= 11 is 3.71. The summed E-state index contributed by atoms with van der Waals surface area (Å²) in [5.41, 5.74) is 2.21. The molecule has 1 aromatic carbocycles. The van der Waals surface area contributed by atoms with Crippen LogP contribution < -0.4 is 9.47 Å². The molecular formula is C22H27BrO3. The monoisotopic (exact) mass is 418 g/mol. The highest BCUT2D eigenvalue weighted by Gasteiger charge is 2.72. The van der Waals surface area contributed by atoms with Crippen LogP contribution in [0.4, 0.5) is 0 Å². The molecule has 0 amide bonds. The molecule has 140 valence electrons. The van der Waals surface area contributed by atoms with Crippen LogP contribution in [0.2, 0.25) is 0 Å². The van der Waals surface area contributed by atoms with Crippen molar-refractivity contribution < 1.29 is 14.3 Å². The van der Waals surface area contributed by atoms with E-state index in [2.05, 4.69) is 42.8 Å². The SMILES string of the molecule is COc1cc(Br)c(C2C(=O)C3=CC[C@]34C(C)(C)CCC[C@]24C)cc1OC. The second kappa shape index (κ2) is 5.60. The van der Waals surface area contributed by atoms with E-state index >= 15 is 0 Å². The predicted octanol–water partition coefficient (Wildman–Crippen LogP) is 5.67. The molecule has 3 nitrogen and oxygen atoms in total. The Bertz CT molecular complexity index is 825. The first-order valence-electron chi connectivity index (χ1n) is 9.40. The topological polar surface area (TPSA) is 35.5 Å². The van der Waals surface area contributed by atoms with Gasteiger partial charge in [0.15, 0.2) is 17.3 Å². The van der Waals surface area contributed by atoms with Crippen LogP contribution in [0, 0.1) is 16.2 Å². The van der Waals surface area contributed by atoms with Crippen molar-refractivity contribution in [2.24, 2.45) is 16.2 Å². The van der Waals surface area contributed by atoms with Crippen molar-refractivity contribution in [2.75, 3.05) is 14.2 Å². The van der Waals surface area contributed by atoms with E-state index in [-0.39, 0.29) is 22.2 Å². The largest absolute Gasteiger partial charge is 0.493 e. The quantitative estimate of drug-likeness (QED) is 0.634. The van der Waals surface area contributed by atoms with Crippen molar-refractivity contribution in [1.29, 1.82) is 0 Å². The summed E-state index contributed by atoms with van der Waals surface area (Å²) in [4.78, 5) is 13.6. The standard InChI is InChI=1S/C22H27BrO3/c1-20(2)8-6-9-21(3)18(19(24)14-7-10-22(14,20)21)13-11-16(25-4)17(26-5)12-15(13)23/h7,11-12,18H,6,8-10H2,1-5H3/t18?,21-,22-/m1/s1. The summed E-state index contributed by atoms with van der Waals surface area (Å²) in [6, 6.07) is 3.93. The number of benzene rings is 1. The average molecular weight is 419 g/mol. The van der Waals surface area contributed by atoms with Crippen LogP contribution >= 0.6 is 15.9 Å². The Hall–Kier alpha value is -1.29. The van der Waals surface area contributed by atoms with Gasteiger partial charge in [-0.1, -0.05) is 49.2 Å². The number of Topliss-reactive ketones (excluding diaryl/α,β-unsaturated/α-hetero) is 1. The van der Waals surface area contributed by atoms with Gasteiger partial charge in [0.05, 0.1) is 20.1 Å². The van der Waals surface area contributed by atoms with Gasteiger partial charge >= 0.3 is 0 Å². The van der Waals surface area contributed by atoms with Gasteiger partial charge in [-0.3, -0.25) is 4.79 Å². The number of hydrogen-bond acceptors (Lipinski definition) is 3. The number of halogens is 1. The molecule has 0 aromatic heterocycles. The highest BCUT2D eigenvalue weighted by atomic mass is 79.9. The third-order valence-electron chi connectivity index (χ3n) is 7.68. The molecule has 1 unspecified atom stereocenters. The van der Waals surface area contributed by atoms with Gasteiger partial charge in [-0.15, -0.1) is 0 Å². The summed E-state index contributed by atoms with van der Waals surface area (Å²) in [6.07, 6.45) is 6.66. The summed E-state index contributed by atoms with van der Waals surface area (Å²) in [7, 11) is 3.28. The lowest BCUT2D eigenvalue weighted by Gasteiger charge is -2.61. The van der Waals surface area contributed by atoms with E-state index in [4.69, 9.17) is 9.47 Å². The Morgan fingerprint density at radius 3 is 2.31 bits per heavy atom. The molecule has 1 spiro atoms. The number of allylic oxidation sites excluding steroid dienone is 2. The summed E-state index contributed by atoms with van der Waals surface area (Å²) in [5, 5.41) is 0. The van der Waals surface area contributed by atoms with Gasteiger partial charge in [-0.05, 0) is 53.4 Å². The summed E-state index contributed by atoms with van der Waals surface area (Å²) in [5.74, 6) is 1.53. The van der Waals surface area contributed by atoms with Crippen LogP contribution in [0.15, 0.2) is 28.3 Å². The number of carbonyl (C=O) groups excluding carboxylic acids is 1. The second-order valence-corrected chi connectivity index (χ2v) is 9.76. The summed E-state index contributed by atoms with van der Waals surface area (Å²) in [6.45, 7) is 7.06. The molecule has 3 atom stereocenters. The molecule has 3 aliphatic carbocycles. The Balaban J connectivity index is 1.92. The lowest BCUT2D eigenvalue weighted by Crippen LogP contribution is -2.54. The molecule has 0 aliphatic heterocycles. The Kier molecular flexibility index (Phi) is 3.90. The number of methoxy groups -OCH3 is 2. The molecular weight excluding hydrogens is 392 g/mol. The Morgan fingerprint density at radius 2 is 1.73 bits per heavy atom. The van der Waals surface area contributed by atoms with Crippen molar-refractivity contribution in [3.63, 3.8) is 0 Å². The highest BCUT2D eigenvalue weighted by molar-refractivity contribution is 9.10. The van der Waals surface area contributed by atoms with E-state index in [1.165, 1.54) is 12.8 Å². The molecule has 2 fully saturated rings. The Morgan fingerprint density at radius 1 is 1.08 bits per heavy atom. The fourth-order valence-corrected chi connectivity index (χ4v) is 6.96. The van der Waals surface area contributed by atoms with E-state index in [0.29, 0.717) is 17.3 Å². The van der Waals surface area contributed by atoms with Gasteiger partial charge in [0.2, 0.25) is 0 Å². The van der Waals surface area contributed by atoms with Gasteiger partial charge in [-0.2, -0.15) is 0 Å². The number of ketones is 1. The summed E-state index contributed by atoms with van der Waals surface area (Å²) < 4.78 is 11.9. The van der Waals surface area contributed by atoms with Gasteiger partial charge in [-0.25, -0.2) is 0 Å². The van der Waals surface area contributed by atoms with Crippen LogP contribution in [0.3, 0.4) is 0 Å². The van der Waals surface area contributed by atoms with Gasteiger partial charge in [0.1, 0.15) is 0 Å². The van der Waals surface area contributed by atoms with Gasteiger partial charge in [0, 0.05) is 9.89 Å². The van der Waals surface area contributed by atoms with E-state index in [1.54, 1.807) is 14.2 Å². The molecule has 0 bridgehead atoms. The normalized spacial score (nSPS) is 34.5. The molecule has 4 rings (SSSR count). The zero-order valence-electron chi connectivity index (χ0n) is 16.2. The minimum absolute atomic E-state index is 0.00655. The zero-order chi connectivity index (χ0) is 18.9. The molecule has 3 aliphatic rings. The smallest absolute Gasteiger partial charge is 0.167 e. The van der Waals surface area contributed by atoms with Crippen LogP contribution in [0.5, 0.6) is 11.5 Å². The maximum absolute atomic E-state index is 13.6. The maximum atomic E-state index is 13.6. The lowest BCUT2D eigenvalue weighted by molar-refractivity contribution is -0.117. The van der Waals surface area contributed by atoms with Crippen molar-refractivity contribution in [3.8, 4) is 11.5 Å². The Labute approximate surface area is 164 Å². The molecule has 26 heavy (non-hydrogen) atoms. The van der Waals surface area contributed by atoms with Crippen LogP contribution in [-0.2, 0) is 4.79 Å². The van der Waals surface area contributed by atoms with Crippen LogP contribution in [0.1, 0.15) is 57.9 Å². The first-order valence-corrected chi connectivity index (χ1v) is 10.2. The molecule has 0 N–H and O–H groups in total. The third kappa shape index (κ3) is 1.92. The molecule has 2 saturated carbocycles. The molecule has 0 heterocycles. The van der Waals surface area contributed by atoms with Crippen LogP contribution in [0.25, 0.3) is 0 Å². The minimum atomic E-state index is -0.134. The van der Waals surface area contributed by atoms with E-state index in [0.717, 1.165) is 28.5 Å². The zero-order valence-corrected chi connectivity index (χ0v) is 17.8.